The number of benzene rings is 1. The number of hydrogen-bond donors (Lipinski definition) is 0. The van der Waals surface area contributed by atoms with Crippen LogP contribution < -0.4 is 0 Å². The summed E-state index contributed by atoms with van der Waals surface area (Å²) in [6.07, 6.45) is 2.55. The number of hydrogen-bond acceptors (Lipinski definition) is 2. The van der Waals surface area contributed by atoms with Gasteiger partial charge in [-0.25, -0.2) is 0 Å². The Morgan fingerprint density at radius 1 is 1.24 bits per heavy atom. The van der Waals surface area contributed by atoms with Crippen molar-refractivity contribution in [2.24, 2.45) is 4.99 Å². The van der Waals surface area contributed by atoms with Crippen LogP contribution in [-0.4, -0.2) is 19.0 Å². The summed E-state index contributed by atoms with van der Waals surface area (Å²) in [5, 5.41) is 0.685. The van der Waals surface area contributed by atoms with Crippen molar-refractivity contribution < 1.29 is 4.79 Å². The fourth-order valence-corrected chi connectivity index (χ4v) is 1.27. The van der Waals surface area contributed by atoms with Crippen LogP contribution in [0.2, 0.25) is 5.02 Å². The number of aliphatic imine (C=N–C) groups is 1. The van der Waals surface area contributed by atoms with Crippen LogP contribution in [0.5, 0.6) is 0 Å². The zero-order chi connectivity index (χ0) is 13.3. The summed E-state index contributed by atoms with van der Waals surface area (Å²) in [6, 6.07) is 7.34. The maximum Gasteiger partial charge on any atom is 0.145 e. The summed E-state index contributed by atoms with van der Waals surface area (Å²) < 4.78 is 0. The second kappa shape index (κ2) is 8.71. The molecule has 2 nitrogen and oxygen atoms in total. The van der Waals surface area contributed by atoms with E-state index in [2.05, 4.69) is 4.99 Å². The van der Waals surface area contributed by atoms with Gasteiger partial charge in [0.05, 0.1) is 5.71 Å². The summed E-state index contributed by atoms with van der Waals surface area (Å²) in [6.45, 7) is 5.74. The fraction of sp³-hybridized carbons (Fsp3) is 0.286. The molecule has 0 N–H and O–H groups in total. The molecule has 1 aromatic carbocycles. The van der Waals surface area contributed by atoms with Crippen LogP contribution in [0.4, 0.5) is 0 Å². The summed E-state index contributed by atoms with van der Waals surface area (Å²) in [5.41, 5.74) is 2.37. The summed E-state index contributed by atoms with van der Waals surface area (Å²) in [7, 11) is 1.69. The van der Waals surface area contributed by atoms with Gasteiger partial charge in [-0.3, -0.25) is 9.79 Å². The average molecular weight is 252 g/mol. The topological polar surface area (TPSA) is 29.4 Å². The standard InChI is InChI=1S/C12H12ClNO.C2H6/c1-9(8-15)7-12(14-2)10-3-5-11(13)6-4-10;1-2/h3-8H,1-2H3;1-2H3/b9-7+,14-12?;. The van der Waals surface area contributed by atoms with E-state index in [0.29, 0.717) is 10.6 Å². The maximum atomic E-state index is 10.5. The summed E-state index contributed by atoms with van der Waals surface area (Å²) in [4.78, 5) is 14.6. The molecule has 0 saturated carbocycles. The van der Waals surface area contributed by atoms with Crippen LogP contribution in [0.3, 0.4) is 0 Å². The smallest absolute Gasteiger partial charge is 0.145 e. The highest BCUT2D eigenvalue weighted by atomic mass is 35.5. The normalized spacial score (nSPS) is 11.6. The molecule has 0 aliphatic rings. The Bertz CT molecular complexity index is 405. The largest absolute Gasteiger partial charge is 0.298 e. The minimum absolute atomic E-state index is 0.644. The van der Waals surface area contributed by atoms with Crippen LogP contribution in [-0.2, 0) is 4.79 Å². The third-order valence-corrected chi connectivity index (χ3v) is 2.18. The van der Waals surface area contributed by atoms with Gasteiger partial charge >= 0.3 is 0 Å². The number of halogens is 1. The molecule has 92 valence electrons. The molecule has 1 rings (SSSR count). The number of nitrogens with zero attached hydrogens (tertiary/aromatic N) is 1. The van der Waals surface area contributed by atoms with E-state index in [9.17, 15) is 4.79 Å². The van der Waals surface area contributed by atoms with E-state index in [0.717, 1.165) is 17.6 Å². The third kappa shape index (κ3) is 5.45. The van der Waals surface area contributed by atoms with Gasteiger partial charge in [-0.2, -0.15) is 0 Å². The van der Waals surface area contributed by atoms with Gasteiger partial charge in [0.15, 0.2) is 0 Å². The molecule has 1 aromatic rings. The van der Waals surface area contributed by atoms with Crippen LogP contribution >= 0.6 is 11.6 Å². The number of aldehydes is 1. The predicted octanol–water partition coefficient (Wildman–Crippen LogP) is 3.93. The van der Waals surface area contributed by atoms with E-state index in [-0.39, 0.29) is 0 Å². The van der Waals surface area contributed by atoms with E-state index in [1.54, 1.807) is 32.2 Å². The van der Waals surface area contributed by atoms with E-state index >= 15 is 0 Å². The van der Waals surface area contributed by atoms with Crippen molar-refractivity contribution in [3.8, 4) is 0 Å². The Balaban J connectivity index is 0.00000121. The molecular weight excluding hydrogens is 234 g/mol. The molecule has 0 amide bonds. The fourth-order valence-electron chi connectivity index (χ4n) is 1.15. The van der Waals surface area contributed by atoms with Crippen molar-refractivity contribution in [2.45, 2.75) is 20.8 Å². The Hall–Kier alpha value is -1.41. The summed E-state index contributed by atoms with van der Waals surface area (Å²) in [5.74, 6) is 0. The molecule has 0 aliphatic heterocycles. The minimum atomic E-state index is 0.644. The molecule has 0 fully saturated rings. The molecular formula is C14H18ClNO. The molecule has 0 aliphatic carbocycles. The van der Waals surface area contributed by atoms with E-state index < -0.39 is 0 Å². The van der Waals surface area contributed by atoms with Crippen molar-refractivity contribution in [2.75, 3.05) is 7.05 Å². The Kier molecular flexibility index (Phi) is 7.99. The highest BCUT2D eigenvalue weighted by Gasteiger charge is 1.99. The number of carbonyl (C=O) groups is 1. The SMILES string of the molecule is CC.CN=C(/C=C(\C)C=O)c1ccc(Cl)cc1. The lowest BCUT2D eigenvalue weighted by Gasteiger charge is -2.01. The zero-order valence-corrected chi connectivity index (χ0v) is 11.5. The van der Waals surface area contributed by atoms with Crippen LogP contribution in [0.1, 0.15) is 26.3 Å². The lowest BCUT2D eigenvalue weighted by Crippen LogP contribution is -1.98. The first-order valence-corrected chi connectivity index (χ1v) is 5.91. The van der Waals surface area contributed by atoms with Gasteiger partial charge < -0.3 is 0 Å². The molecule has 0 saturated heterocycles. The van der Waals surface area contributed by atoms with Crippen LogP contribution in [0.25, 0.3) is 0 Å². The van der Waals surface area contributed by atoms with E-state index in [1.807, 2.05) is 26.0 Å². The predicted molar refractivity (Wildman–Crippen MR) is 75.1 cm³/mol. The van der Waals surface area contributed by atoms with E-state index in [1.165, 1.54) is 0 Å². The van der Waals surface area contributed by atoms with E-state index in [4.69, 9.17) is 11.6 Å². The van der Waals surface area contributed by atoms with Crippen LogP contribution in [0.15, 0.2) is 40.9 Å². The Morgan fingerprint density at radius 2 is 1.76 bits per heavy atom. The van der Waals surface area contributed by atoms with Gasteiger partial charge in [0.25, 0.3) is 0 Å². The molecule has 0 spiro atoms. The molecule has 0 unspecified atom stereocenters. The lowest BCUT2D eigenvalue weighted by atomic mass is 10.1. The van der Waals surface area contributed by atoms with Gasteiger partial charge in [0, 0.05) is 12.1 Å². The lowest BCUT2D eigenvalue weighted by molar-refractivity contribution is -0.104. The molecule has 0 radical (unpaired) electrons. The maximum absolute atomic E-state index is 10.5. The van der Waals surface area contributed by atoms with Crippen molar-refractivity contribution in [3.63, 3.8) is 0 Å². The Labute approximate surface area is 108 Å². The number of carbonyl (C=O) groups excluding carboxylic acids is 1. The highest BCUT2D eigenvalue weighted by Crippen LogP contribution is 2.11. The first kappa shape index (κ1) is 15.6. The number of rotatable bonds is 3. The Morgan fingerprint density at radius 3 is 2.18 bits per heavy atom. The van der Waals surface area contributed by atoms with Gasteiger partial charge in [0.1, 0.15) is 6.29 Å². The molecule has 0 heterocycles. The summed E-state index contributed by atoms with van der Waals surface area (Å²) >= 11 is 5.78. The minimum Gasteiger partial charge on any atom is -0.298 e. The zero-order valence-electron chi connectivity index (χ0n) is 10.7. The monoisotopic (exact) mass is 251 g/mol. The first-order valence-electron chi connectivity index (χ1n) is 5.53. The first-order chi connectivity index (χ1) is 8.17. The molecule has 17 heavy (non-hydrogen) atoms. The molecule has 0 atom stereocenters. The second-order valence-electron chi connectivity index (χ2n) is 3.12. The third-order valence-electron chi connectivity index (χ3n) is 1.93. The van der Waals surface area contributed by atoms with Gasteiger partial charge in [-0.05, 0) is 36.3 Å². The van der Waals surface area contributed by atoms with Crippen molar-refractivity contribution in [1.82, 2.24) is 0 Å². The van der Waals surface area contributed by atoms with Crippen molar-refractivity contribution in [1.29, 1.82) is 0 Å². The molecule has 0 bridgehead atoms. The average Bonchev–Trinajstić information content (AvgIpc) is 2.39. The van der Waals surface area contributed by atoms with Crippen molar-refractivity contribution in [3.05, 3.63) is 46.5 Å². The van der Waals surface area contributed by atoms with Gasteiger partial charge in [0.2, 0.25) is 0 Å². The van der Waals surface area contributed by atoms with Gasteiger partial charge in [-0.1, -0.05) is 37.6 Å². The number of allylic oxidation sites excluding steroid dienone is 2. The molecule has 0 aromatic heterocycles. The highest BCUT2D eigenvalue weighted by molar-refractivity contribution is 6.30. The van der Waals surface area contributed by atoms with Gasteiger partial charge in [-0.15, -0.1) is 0 Å². The van der Waals surface area contributed by atoms with Crippen molar-refractivity contribution >= 4 is 23.6 Å². The second-order valence-corrected chi connectivity index (χ2v) is 3.56. The molecule has 3 heteroatoms. The quantitative estimate of drug-likeness (QED) is 0.455. The van der Waals surface area contributed by atoms with Crippen LogP contribution in [0, 0.1) is 0 Å².